The van der Waals surface area contributed by atoms with Gasteiger partial charge in [-0.2, -0.15) is 5.26 Å². The van der Waals surface area contributed by atoms with Gasteiger partial charge in [0.1, 0.15) is 22.4 Å². The summed E-state index contributed by atoms with van der Waals surface area (Å²) in [6.07, 6.45) is -1.09. The third kappa shape index (κ3) is 4.70. The number of nitrogens with zero attached hydrogens (tertiary/aromatic N) is 1. The molecule has 2 rings (SSSR count). The third-order valence-corrected chi connectivity index (χ3v) is 5.18. The molecule has 28 heavy (non-hydrogen) atoms. The van der Waals surface area contributed by atoms with Crippen molar-refractivity contribution < 1.29 is 19.4 Å². The van der Waals surface area contributed by atoms with Gasteiger partial charge in [0.05, 0.1) is 5.56 Å². The second kappa shape index (κ2) is 8.89. The number of rotatable bonds is 6. The third-order valence-electron chi connectivity index (χ3n) is 4.35. The number of hydrogen-bond acceptors (Lipinski definition) is 6. The normalized spacial score (nSPS) is 11.9. The lowest BCUT2D eigenvalue weighted by Gasteiger charge is -2.18. The van der Waals surface area contributed by atoms with Crippen molar-refractivity contribution in [1.29, 1.82) is 5.26 Å². The Balaban J connectivity index is 2.22. The van der Waals surface area contributed by atoms with E-state index < -0.39 is 18.0 Å². The maximum absolute atomic E-state index is 12.6. The van der Waals surface area contributed by atoms with Crippen LogP contribution in [0.5, 0.6) is 5.75 Å². The Hall–Kier alpha value is -2.85. The molecule has 6 nitrogen and oxygen atoms in total. The van der Waals surface area contributed by atoms with Gasteiger partial charge in [0.15, 0.2) is 6.10 Å². The van der Waals surface area contributed by atoms with Crippen LogP contribution in [0.25, 0.3) is 0 Å². The van der Waals surface area contributed by atoms with Crippen LogP contribution in [0.2, 0.25) is 0 Å². The Morgan fingerprint density at radius 2 is 1.86 bits per heavy atom. The summed E-state index contributed by atoms with van der Waals surface area (Å²) in [4.78, 5) is 25.0. The van der Waals surface area contributed by atoms with Crippen LogP contribution < -0.4 is 5.32 Å². The number of phenolic OH excluding ortho intramolecular Hbond substituents is 1. The molecule has 0 saturated heterocycles. The van der Waals surface area contributed by atoms with Gasteiger partial charge in [-0.05, 0) is 47.4 Å². The van der Waals surface area contributed by atoms with Crippen LogP contribution in [0.1, 0.15) is 73.5 Å². The molecule has 0 aliphatic carbocycles. The van der Waals surface area contributed by atoms with Crippen molar-refractivity contribution in [2.75, 3.05) is 5.32 Å². The minimum absolute atomic E-state index is 0.0224. The molecule has 7 heteroatoms. The predicted octanol–water partition coefficient (Wildman–Crippen LogP) is 4.76. The number of carbonyl (C=O) groups is 2. The number of thiophene rings is 1. The van der Waals surface area contributed by atoms with E-state index in [1.54, 1.807) is 17.5 Å². The summed E-state index contributed by atoms with van der Waals surface area (Å²) in [6.45, 7) is 9.29. The molecule has 0 saturated carbocycles. The van der Waals surface area contributed by atoms with Gasteiger partial charge in [-0.15, -0.1) is 11.3 Å². The molecule has 1 heterocycles. The van der Waals surface area contributed by atoms with E-state index in [9.17, 15) is 14.7 Å². The largest absolute Gasteiger partial charge is 0.507 e. The first kappa shape index (κ1) is 21.5. The molecule has 2 N–H and O–H groups in total. The number of esters is 1. The highest BCUT2D eigenvalue weighted by atomic mass is 32.1. The number of aromatic hydroxyl groups is 1. The molecule has 1 aromatic carbocycles. The van der Waals surface area contributed by atoms with Gasteiger partial charge < -0.3 is 15.2 Å². The van der Waals surface area contributed by atoms with Gasteiger partial charge in [0.25, 0.3) is 5.91 Å². The number of benzene rings is 1. The van der Waals surface area contributed by atoms with Crippen LogP contribution in [0.15, 0.2) is 23.6 Å². The number of ether oxygens (including phenoxy) is 1. The van der Waals surface area contributed by atoms with E-state index in [-0.39, 0.29) is 23.1 Å². The minimum atomic E-state index is -1.09. The topological polar surface area (TPSA) is 99.4 Å². The SMILES string of the molecule is CC(OC(=O)c1cc(C(C)C)cc(C(C)C)c1O)C(=O)Nc1sccc1C#N. The summed E-state index contributed by atoms with van der Waals surface area (Å²) in [6, 6.07) is 7.07. The maximum Gasteiger partial charge on any atom is 0.342 e. The predicted molar refractivity (Wildman–Crippen MR) is 109 cm³/mol. The molecule has 1 unspecified atom stereocenters. The Kier molecular flexibility index (Phi) is 6.81. The summed E-state index contributed by atoms with van der Waals surface area (Å²) >= 11 is 1.21. The lowest BCUT2D eigenvalue weighted by atomic mass is 9.92. The molecular weight excluding hydrogens is 376 g/mol. The van der Waals surface area contributed by atoms with Gasteiger partial charge in [0.2, 0.25) is 0 Å². The Morgan fingerprint density at radius 3 is 2.43 bits per heavy atom. The molecular formula is C21H24N2O4S. The van der Waals surface area contributed by atoms with Crippen molar-refractivity contribution in [3.8, 4) is 11.8 Å². The van der Waals surface area contributed by atoms with E-state index in [0.29, 0.717) is 16.1 Å². The Labute approximate surface area is 168 Å². The molecule has 148 valence electrons. The van der Waals surface area contributed by atoms with E-state index in [1.165, 1.54) is 18.3 Å². The number of carbonyl (C=O) groups excluding carboxylic acids is 2. The highest BCUT2D eigenvalue weighted by molar-refractivity contribution is 7.14. The Morgan fingerprint density at radius 1 is 1.18 bits per heavy atom. The van der Waals surface area contributed by atoms with Crippen molar-refractivity contribution in [3.05, 3.63) is 45.8 Å². The number of nitriles is 1. The lowest BCUT2D eigenvalue weighted by Crippen LogP contribution is -2.30. The van der Waals surface area contributed by atoms with Gasteiger partial charge in [0, 0.05) is 0 Å². The fourth-order valence-corrected chi connectivity index (χ4v) is 3.33. The quantitative estimate of drug-likeness (QED) is 0.681. The van der Waals surface area contributed by atoms with E-state index in [1.807, 2.05) is 39.8 Å². The van der Waals surface area contributed by atoms with E-state index in [2.05, 4.69) is 5.32 Å². The second-order valence-corrected chi connectivity index (χ2v) is 8.04. The first-order valence-corrected chi connectivity index (χ1v) is 9.89. The molecule has 0 radical (unpaired) electrons. The van der Waals surface area contributed by atoms with Crippen molar-refractivity contribution in [3.63, 3.8) is 0 Å². The number of hydrogen-bond donors (Lipinski definition) is 2. The molecule has 0 aliphatic heterocycles. The molecule has 0 aliphatic rings. The standard InChI is InChI=1S/C21H24N2O4S/c1-11(2)15-8-16(12(3)4)18(24)17(9-15)21(26)27-13(5)19(25)23-20-14(10-22)6-7-28-20/h6-9,11-13,24H,1-5H3,(H,23,25). The smallest absolute Gasteiger partial charge is 0.342 e. The summed E-state index contributed by atoms with van der Waals surface area (Å²) in [5.41, 5.74) is 1.96. The van der Waals surface area contributed by atoms with Gasteiger partial charge in [-0.25, -0.2) is 4.79 Å². The highest BCUT2D eigenvalue weighted by Crippen LogP contribution is 2.33. The van der Waals surface area contributed by atoms with E-state index in [0.717, 1.165) is 5.56 Å². The Bertz CT molecular complexity index is 925. The average Bonchev–Trinajstić information content (AvgIpc) is 3.08. The zero-order valence-corrected chi connectivity index (χ0v) is 17.4. The van der Waals surface area contributed by atoms with Crippen molar-refractivity contribution in [2.45, 2.75) is 52.6 Å². The number of nitrogens with one attached hydrogen (secondary N) is 1. The number of amides is 1. The lowest BCUT2D eigenvalue weighted by molar-refractivity contribution is -0.123. The van der Waals surface area contributed by atoms with Crippen LogP contribution in [-0.2, 0) is 9.53 Å². The summed E-state index contributed by atoms with van der Waals surface area (Å²) in [5.74, 6) is -1.25. The van der Waals surface area contributed by atoms with Crippen LogP contribution >= 0.6 is 11.3 Å². The fourth-order valence-electron chi connectivity index (χ4n) is 2.59. The minimum Gasteiger partial charge on any atom is -0.507 e. The van der Waals surface area contributed by atoms with Crippen LogP contribution in [0, 0.1) is 11.3 Å². The summed E-state index contributed by atoms with van der Waals surface area (Å²) < 4.78 is 5.28. The van der Waals surface area contributed by atoms with E-state index in [4.69, 9.17) is 10.00 Å². The molecule has 1 atom stereocenters. The molecule has 0 bridgehead atoms. The van der Waals surface area contributed by atoms with Gasteiger partial charge in [-0.3, -0.25) is 4.79 Å². The zero-order chi connectivity index (χ0) is 21.0. The van der Waals surface area contributed by atoms with Crippen molar-refractivity contribution in [1.82, 2.24) is 0 Å². The molecule has 0 spiro atoms. The molecule has 2 aromatic rings. The zero-order valence-electron chi connectivity index (χ0n) is 16.6. The van der Waals surface area contributed by atoms with Crippen LogP contribution in [0.4, 0.5) is 5.00 Å². The summed E-state index contributed by atoms with van der Waals surface area (Å²) in [7, 11) is 0. The molecule has 0 fully saturated rings. The summed E-state index contributed by atoms with van der Waals surface area (Å²) in [5, 5.41) is 24.2. The van der Waals surface area contributed by atoms with Gasteiger partial charge in [-0.1, -0.05) is 33.8 Å². The molecule has 1 aromatic heterocycles. The van der Waals surface area contributed by atoms with Crippen molar-refractivity contribution >= 4 is 28.2 Å². The first-order chi connectivity index (χ1) is 13.1. The van der Waals surface area contributed by atoms with Crippen molar-refractivity contribution in [2.24, 2.45) is 0 Å². The van der Waals surface area contributed by atoms with Gasteiger partial charge >= 0.3 is 5.97 Å². The maximum atomic E-state index is 12.6. The molecule has 1 amide bonds. The van der Waals surface area contributed by atoms with Crippen LogP contribution in [0.3, 0.4) is 0 Å². The van der Waals surface area contributed by atoms with Crippen LogP contribution in [-0.4, -0.2) is 23.1 Å². The number of anilines is 1. The monoisotopic (exact) mass is 400 g/mol. The second-order valence-electron chi connectivity index (χ2n) is 7.13. The first-order valence-electron chi connectivity index (χ1n) is 9.01. The highest BCUT2D eigenvalue weighted by Gasteiger charge is 2.25. The average molecular weight is 401 g/mol. The fraction of sp³-hybridized carbons (Fsp3) is 0.381. The number of phenols is 1. The van der Waals surface area contributed by atoms with E-state index >= 15 is 0 Å².